The molecular formula is C15H29ClN2O3S. The third-order valence-electron chi connectivity index (χ3n) is 4.17. The van der Waals surface area contributed by atoms with Crippen LogP contribution in [0.1, 0.15) is 39.5 Å². The number of piperidine rings is 1. The quantitative estimate of drug-likeness (QED) is 0.753. The predicted molar refractivity (Wildman–Crippen MR) is 91.1 cm³/mol. The van der Waals surface area contributed by atoms with Gasteiger partial charge < -0.3 is 10.2 Å². The summed E-state index contributed by atoms with van der Waals surface area (Å²) in [5.74, 6) is 0.478. The van der Waals surface area contributed by atoms with Gasteiger partial charge in [0.15, 0.2) is 9.84 Å². The molecule has 0 atom stereocenters. The van der Waals surface area contributed by atoms with Crippen LogP contribution in [0.4, 0.5) is 0 Å². The molecule has 22 heavy (non-hydrogen) atoms. The summed E-state index contributed by atoms with van der Waals surface area (Å²) >= 11 is 0. The zero-order chi connectivity index (χ0) is 15.5. The monoisotopic (exact) mass is 352 g/mol. The average molecular weight is 353 g/mol. The molecule has 0 aromatic heterocycles. The number of rotatable bonds is 7. The van der Waals surface area contributed by atoms with Crippen molar-refractivity contribution in [3.63, 3.8) is 0 Å². The lowest BCUT2D eigenvalue weighted by atomic mass is 10.0. The highest BCUT2D eigenvalue weighted by Crippen LogP contribution is 2.28. The molecule has 5 nitrogen and oxygen atoms in total. The van der Waals surface area contributed by atoms with E-state index in [1.165, 1.54) is 12.8 Å². The summed E-state index contributed by atoms with van der Waals surface area (Å²) in [6, 6.07) is 0.488. The lowest BCUT2D eigenvalue weighted by Gasteiger charge is -2.32. The van der Waals surface area contributed by atoms with Gasteiger partial charge in [0.05, 0.1) is 5.75 Å². The van der Waals surface area contributed by atoms with Gasteiger partial charge in [-0.2, -0.15) is 0 Å². The van der Waals surface area contributed by atoms with Gasteiger partial charge in [-0.25, -0.2) is 8.42 Å². The maximum absolute atomic E-state index is 12.1. The van der Waals surface area contributed by atoms with Crippen molar-refractivity contribution >= 4 is 28.2 Å². The molecule has 1 saturated heterocycles. The Bertz CT molecular complexity index is 455. The summed E-state index contributed by atoms with van der Waals surface area (Å²) in [6.45, 7) is 6.18. The standard InChI is InChI=1S/C15H28N2O3S.ClH/c1-12(2)10-21(19,20)11-15(18)17-7-5-14(6-8-17)16-9-13-3-4-13;/h12-14,16H,3-11H2,1-2H3;1H. The summed E-state index contributed by atoms with van der Waals surface area (Å²) in [6.07, 6.45) is 4.56. The SMILES string of the molecule is CC(C)CS(=O)(=O)CC(=O)N1CCC(NCC2CC2)CC1.Cl. The van der Waals surface area contributed by atoms with Gasteiger partial charge >= 0.3 is 0 Å². The highest BCUT2D eigenvalue weighted by Gasteiger charge is 2.28. The zero-order valence-corrected chi connectivity index (χ0v) is 15.2. The second kappa shape index (κ2) is 8.50. The van der Waals surface area contributed by atoms with E-state index in [-0.39, 0.29) is 35.7 Å². The smallest absolute Gasteiger partial charge is 0.237 e. The zero-order valence-electron chi connectivity index (χ0n) is 13.6. The number of halogens is 1. The van der Waals surface area contributed by atoms with Gasteiger partial charge in [0, 0.05) is 19.1 Å². The van der Waals surface area contributed by atoms with Crippen molar-refractivity contribution in [2.24, 2.45) is 11.8 Å². The first-order valence-corrected chi connectivity index (χ1v) is 9.89. The summed E-state index contributed by atoms with van der Waals surface area (Å²) in [7, 11) is -3.26. The van der Waals surface area contributed by atoms with Gasteiger partial charge in [0.25, 0.3) is 0 Å². The predicted octanol–water partition coefficient (Wildman–Crippen LogP) is 1.47. The van der Waals surface area contributed by atoms with Crippen molar-refractivity contribution in [3.05, 3.63) is 0 Å². The second-order valence-corrected chi connectivity index (χ2v) is 9.06. The van der Waals surface area contributed by atoms with Crippen molar-refractivity contribution < 1.29 is 13.2 Å². The third-order valence-corrected chi connectivity index (χ3v) is 6.03. The van der Waals surface area contributed by atoms with Crippen LogP contribution in [0, 0.1) is 11.8 Å². The van der Waals surface area contributed by atoms with Crippen molar-refractivity contribution in [2.45, 2.75) is 45.6 Å². The number of likely N-dealkylation sites (tertiary alicyclic amines) is 1. The third kappa shape index (κ3) is 6.84. The molecule has 0 aromatic rings. The molecule has 1 aliphatic carbocycles. The molecular weight excluding hydrogens is 324 g/mol. The van der Waals surface area contributed by atoms with Crippen LogP contribution >= 0.6 is 12.4 Å². The van der Waals surface area contributed by atoms with E-state index >= 15 is 0 Å². The van der Waals surface area contributed by atoms with E-state index < -0.39 is 9.84 Å². The Kier molecular flexibility index (Phi) is 7.62. The maximum Gasteiger partial charge on any atom is 0.237 e. The van der Waals surface area contributed by atoms with E-state index in [0.29, 0.717) is 19.1 Å². The van der Waals surface area contributed by atoms with E-state index in [9.17, 15) is 13.2 Å². The fourth-order valence-corrected chi connectivity index (χ4v) is 4.53. The molecule has 2 fully saturated rings. The number of amides is 1. The molecule has 1 amide bonds. The lowest BCUT2D eigenvalue weighted by molar-refractivity contribution is -0.129. The van der Waals surface area contributed by atoms with Crippen LogP contribution in [0.25, 0.3) is 0 Å². The van der Waals surface area contributed by atoms with Crippen LogP contribution in [0.5, 0.6) is 0 Å². The Balaban J connectivity index is 0.00000242. The molecule has 1 N–H and O–H groups in total. The fraction of sp³-hybridized carbons (Fsp3) is 0.933. The first-order valence-electron chi connectivity index (χ1n) is 8.07. The minimum absolute atomic E-state index is 0. The van der Waals surface area contributed by atoms with E-state index in [4.69, 9.17) is 0 Å². The van der Waals surface area contributed by atoms with Gasteiger partial charge in [-0.05, 0) is 44.1 Å². The van der Waals surface area contributed by atoms with Gasteiger partial charge in [0.2, 0.25) is 5.91 Å². The first-order chi connectivity index (χ1) is 9.85. The molecule has 2 rings (SSSR count). The van der Waals surface area contributed by atoms with Crippen LogP contribution in [0.15, 0.2) is 0 Å². The van der Waals surface area contributed by atoms with Crippen molar-refractivity contribution in [2.75, 3.05) is 31.1 Å². The Morgan fingerprint density at radius 1 is 1.18 bits per heavy atom. The molecule has 0 spiro atoms. The Hall–Kier alpha value is -0.330. The molecule has 0 bridgehead atoms. The van der Waals surface area contributed by atoms with Gasteiger partial charge in [-0.1, -0.05) is 13.8 Å². The summed E-state index contributed by atoms with van der Waals surface area (Å²) < 4.78 is 23.8. The normalized spacial score (nSPS) is 20.0. The molecule has 1 heterocycles. The highest BCUT2D eigenvalue weighted by atomic mass is 35.5. The topological polar surface area (TPSA) is 66.5 Å². The van der Waals surface area contributed by atoms with Gasteiger partial charge in [0.1, 0.15) is 5.75 Å². The van der Waals surface area contributed by atoms with Crippen molar-refractivity contribution in [3.8, 4) is 0 Å². The fourth-order valence-electron chi connectivity index (χ4n) is 2.83. The number of nitrogens with one attached hydrogen (secondary N) is 1. The molecule has 0 radical (unpaired) electrons. The minimum atomic E-state index is -3.26. The van der Waals surface area contributed by atoms with Crippen LogP contribution in [0.2, 0.25) is 0 Å². The number of carbonyl (C=O) groups is 1. The van der Waals surface area contributed by atoms with Crippen molar-refractivity contribution in [1.82, 2.24) is 10.2 Å². The number of carbonyl (C=O) groups excluding carboxylic acids is 1. The van der Waals surface area contributed by atoms with E-state index in [2.05, 4.69) is 5.32 Å². The van der Waals surface area contributed by atoms with Crippen LogP contribution in [-0.2, 0) is 14.6 Å². The first kappa shape index (κ1) is 19.7. The van der Waals surface area contributed by atoms with E-state index in [1.54, 1.807) is 4.90 Å². The molecule has 0 unspecified atom stereocenters. The van der Waals surface area contributed by atoms with Crippen LogP contribution in [0.3, 0.4) is 0 Å². The Morgan fingerprint density at radius 2 is 1.77 bits per heavy atom. The number of sulfone groups is 1. The molecule has 1 saturated carbocycles. The molecule has 2 aliphatic rings. The van der Waals surface area contributed by atoms with E-state index in [1.807, 2.05) is 13.8 Å². The Morgan fingerprint density at radius 3 is 2.27 bits per heavy atom. The van der Waals surface area contributed by atoms with Gasteiger partial charge in [-0.3, -0.25) is 4.79 Å². The average Bonchev–Trinajstić information content (AvgIpc) is 3.18. The minimum Gasteiger partial charge on any atom is -0.342 e. The maximum atomic E-state index is 12.1. The van der Waals surface area contributed by atoms with Crippen molar-refractivity contribution in [1.29, 1.82) is 0 Å². The lowest BCUT2D eigenvalue weighted by Crippen LogP contribution is -2.47. The number of nitrogens with zero attached hydrogens (tertiary/aromatic N) is 1. The van der Waals surface area contributed by atoms with Gasteiger partial charge in [-0.15, -0.1) is 12.4 Å². The highest BCUT2D eigenvalue weighted by molar-refractivity contribution is 7.92. The number of hydrogen-bond acceptors (Lipinski definition) is 4. The summed E-state index contributed by atoms with van der Waals surface area (Å²) in [5, 5.41) is 3.56. The van der Waals surface area contributed by atoms with Crippen LogP contribution in [-0.4, -0.2) is 56.4 Å². The molecule has 130 valence electrons. The Labute approximate surface area is 140 Å². The number of hydrogen-bond donors (Lipinski definition) is 1. The molecule has 0 aromatic carbocycles. The molecule has 7 heteroatoms. The van der Waals surface area contributed by atoms with Crippen LogP contribution < -0.4 is 5.32 Å². The largest absolute Gasteiger partial charge is 0.342 e. The summed E-state index contributed by atoms with van der Waals surface area (Å²) in [4.78, 5) is 13.8. The summed E-state index contributed by atoms with van der Waals surface area (Å²) in [5.41, 5.74) is 0. The molecule has 1 aliphatic heterocycles. The second-order valence-electron chi connectivity index (χ2n) is 6.96. The van der Waals surface area contributed by atoms with E-state index in [0.717, 1.165) is 25.3 Å².